The molecular weight excluding hydrogens is 399 g/mol. The summed E-state index contributed by atoms with van der Waals surface area (Å²) in [5, 5.41) is 4.24. The van der Waals surface area contributed by atoms with Gasteiger partial charge in [0.15, 0.2) is 17.6 Å². The summed E-state index contributed by atoms with van der Waals surface area (Å²) in [5.74, 6) is 1.26. The number of nitrogens with zero attached hydrogens (tertiary/aromatic N) is 2. The molecule has 1 aliphatic heterocycles. The van der Waals surface area contributed by atoms with Gasteiger partial charge in [0.25, 0.3) is 0 Å². The zero-order valence-corrected chi connectivity index (χ0v) is 18.4. The summed E-state index contributed by atoms with van der Waals surface area (Å²) in [4.78, 5) is 20.3. The van der Waals surface area contributed by atoms with Gasteiger partial charge in [0.05, 0.1) is 26.5 Å². The Morgan fingerprint density at radius 1 is 1.16 bits per heavy atom. The second kappa shape index (κ2) is 10.3. The third-order valence-electron chi connectivity index (χ3n) is 5.10. The molecule has 1 aliphatic rings. The van der Waals surface area contributed by atoms with E-state index in [1.807, 2.05) is 32.0 Å². The molecule has 1 heterocycles. The van der Waals surface area contributed by atoms with E-state index in [0.29, 0.717) is 37.4 Å². The van der Waals surface area contributed by atoms with Crippen LogP contribution in [0.2, 0.25) is 0 Å². The molecule has 0 fully saturated rings. The highest BCUT2D eigenvalue weighted by Gasteiger charge is 2.27. The predicted molar refractivity (Wildman–Crippen MR) is 117 cm³/mol. The van der Waals surface area contributed by atoms with Crippen LogP contribution in [0, 0.1) is 11.7 Å². The van der Waals surface area contributed by atoms with Gasteiger partial charge in [-0.1, -0.05) is 31.1 Å². The van der Waals surface area contributed by atoms with E-state index in [0.717, 1.165) is 16.8 Å². The molecule has 0 saturated heterocycles. The molecule has 6 nitrogen and oxygen atoms in total. The first-order chi connectivity index (χ1) is 14.9. The Morgan fingerprint density at radius 2 is 1.87 bits per heavy atom. The lowest BCUT2D eigenvalue weighted by atomic mass is 10.0. The van der Waals surface area contributed by atoms with Crippen LogP contribution in [-0.2, 0) is 16.2 Å². The van der Waals surface area contributed by atoms with Crippen molar-refractivity contribution in [2.75, 3.05) is 20.8 Å². The second-order valence-electron chi connectivity index (χ2n) is 8.04. The van der Waals surface area contributed by atoms with Crippen molar-refractivity contribution in [3.63, 3.8) is 0 Å². The van der Waals surface area contributed by atoms with Crippen molar-refractivity contribution in [1.29, 1.82) is 0 Å². The van der Waals surface area contributed by atoms with Crippen LogP contribution >= 0.6 is 0 Å². The van der Waals surface area contributed by atoms with Gasteiger partial charge >= 0.3 is 0 Å². The number of halogens is 1. The number of carbonyl (C=O) groups excluding carboxylic acids is 1. The Hall–Kier alpha value is -3.09. The zero-order chi connectivity index (χ0) is 22.4. The molecule has 3 rings (SSSR count). The minimum Gasteiger partial charge on any atom is -0.493 e. The first-order valence-electron chi connectivity index (χ1n) is 10.4. The minimum atomic E-state index is -0.295. The highest BCUT2D eigenvalue weighted by Crippen LogP contribution is 2.29. The van der Waals surface area contributed by atoms with E-state index in [2.05, 4.69) is 5.16 Å². The van der Waals surface area contributed by atoms with Gasteiger partial charge in [-0.25, -0.2) is 4.39 Å². The number of methoxy groups -OCH3 is 2. The monoisotopic (exact) mass is 428 g/mol. The van der Waals surface area contributed by atoms with Crippen LogP contribution in [0.3, 0.4) is 0 Å². The number of oxime groups is 1. The number of rotatable bonds is 9. The van der Waals surface area contributed by atoms with E-state index >= 15 is 0 Å². The molecule has 0 spiro atoms. The standard InChI is InChI=1S/C24H29FN2O4/c1-16(2)11-24(28)27(14-17-5-8-19(25)9-6-17)15-20-13-21(26-31-20)18-7-10-22(29-3)23(12-18)30-4/h5-10,12,16,20H,11,13-15H2,1-4H3/t20-/m1/s1. The predicted octanol–water partition coefficient (Wildman–Crippen LogP) is 4.41. The molecule has 2 aromatic carbocycles. The Morgan fingerprint density at radius 3 is 2.52 bits per heavy atom. The molecule has 7 heteroatoms. The van der Waals surface area contributed by atoms with Crippen molar-refractivity contribution in [3.05, 3.63) is 59.4 Å². The van der Waals surface area contributed by atoms with Crippen LogP contribution in [0.5, 0.6) is 11.5 Å². The molecule has 166 valence electrons. The highest BCUT2D eigenvalue weighted by molar-refractivity contribution is 6.01. The lowest BCUT2D eigenvalue weighted by Gasteiger charge is -2.26. The van der Waals surface area contributed by atoms with Gasteiger partial charge in [-0.05, 0) is 41.8 Å². The quantitative estimate of drug-likeness (QED) is 0.594. The molecule has 1 atom stereocenters. The van der Waals surface area contributed by atoms with E-state index in [1.54, 1.807) is 31.3 Å². The van der Waals surface area contributed by atoms with Crippen LogP contribution in [0.15, 0.2) is 47.6 Å². The van der Waals surface area contributed by atoms with E-state index in [1.165, 1.54) is 12.1 Å². The van der Waals surface area contributed by atoms with Crippen molar-refractivity contribution in [3.8, 4) is 11.5 Å². The fourth-order valence-corrected chi connectivity index (χ4v) is 3.50. The van der Waals surface area contributed by atoms with Gasteiger partial charge in [-0.2, -0.15) is 0 Å². The van der Waals surface area contributed by atoms with Gasteiger partial charge in [0.1, 0.15) is 5.82 Å². The van der Waals surface area contributed by atoms with Crippen LogP contribution in [0.4, 0.5) is 4.39 Å². The number of amides is 1. The van der Waals surface area contributed by atoms with Gasteiger partial charge in [-0.15, -0.1) is 0 Å². The summed E-state index contributed by atoms with van der Waals surface area (Å²) in [6.07, 6.45) is 0.765. The fourth-order valence-electron chi connectivity index (χ4n) is 3.50. The molecule has 0 aliphatic carbocycles. The average molecular weight is 429 g/mol. The van der Waals surface area contributed by atoms with E-state index in [-0.39, 0.29) is 23.7 Å². The largest absolute Gasteiger partial charge is 0.493 e. The maximum absolute atomic E-state index is 13.3. The summed E-state index contributed by atoms with van der Waals surface area (Å²) in [7, 11) is 3.18. The molecule has 0 unspecified atom stereocenters. The van der Waals surface area contributed by atoms with Crippen molar-refractivity contribution < 1.29 is 23.5 Å². The Kier molecular flexibility index (Phi) is 7.50. The number of hydrogen-bond acceptors (Lipinski definition) is 5. The van der Waals surface area contributed by atoms with Crippen LogP contribution in [0.25, 0.3) is 0 Å². The van der Waals surface area contributed by atoms with Gasteiger partial charge in [-0.3, -0.25) is 4.79 Å². The number of carbonyl (C=O) groups is 1. The molecule has 0 aromatic heterocycles. The Labute approximate surface area is 182 Å². The van der Waals surface area contributed by atoms with Crippen molar-refractivity contribution in [1.82, 2.24) is 4.90 Å². The number of hydrogen-bond donors (Lipinski definition) is 0. The fraction of sp³-hybridized carbons (Fsp3) is 0.417. The second-order valence-corrected chi connectivity index (χ2v) is 8.04. The highest BCUT2D eigenvalue weighted by atomic mass is 19.1. The third-order valence-corrected chi connectivity index (χ3v) is 5.10. The van der Waals surface area contributed by atoms with E-state index < -0.39 is 0 Å². The Balaban J connectivity index is 1.69. The van der Waals surface area contributed by atoms with E-state index in [9.17, 15) is 9.18 Å². The summed E-state index contributed by atoms with van der Waals surface area (Å²) < 4.78 is 23.9. The van der Waals surface area contributed by atoms with Crippen molar-refractivity contribution >= 4 is 11.6 Å². The minimum absolute atomic E-state index is 0.0440. The maximum Gasteiger partial charge on any atom is 0.223 e. The maximum atomic E-state index is 13.3. The summed E-state index contributed by atoms with van der Waals surface area (Å²) in [5.41, 5.74) is 2.56. The lowest BCUT2D eigenvalue weighted by Crippen LogP contribution is -2.37. The summed E-state index contributed by atoms with van der Waals surface area (Å²) in [6, 6.07) is 11.8. The average Bonchev–Trinajstić information content (AvgIpc) is 3.22. The molecule has 0 radical (unpaired) electrons. The van der Waals surface area contributed by atoms with Crippen LogP contribution in [0.1, 0.15) is 37.8 Å². The molecule has 1 amide bonds. The van der Waals surface area contributed by atoms with Gasteiger partial charge in [0, 0.05) is 24.9 Å². The topological polar surface area (TPSA) is 60.4 Å². The molecule has 0 saturated carbocycles. The molecule has 31 heavy (non-hydrogen) atoms. The first kappa shape index (κ1) is 22.6. The summed E-state index contributed by atoms with van der Waals surface area (Å²) >= 11 is 0. The SMILES string of the molecule is COc1ccc(C2=NO[C@@H](CN(Cc3ccc(F)cc3)C(=O)CC(C)C)C2)cc1OC. The van der Waals surface area contributed by atoms with Crippen LogP contribution in [-0.4, -0.2) is 43.4 Å². The third kappa shape index (κ3) is 5.96. The zero-order valence-electron chi connectivity index (χ0n) is 18.4. The smallest absolute Gasteiger partial charge is 0.223 e. The molecule has 2 aromatic rings. The number of ether oxygens (including phenoxy) is 2. The van der Waals surface area contributed by atoms with E-state index in [4.69, 9.17) is 14.3 Å². The van der Waals surface area contributed by atoms with Crippen molar-refractivity contribution in [2.45, 2.75) is 39.3 Å². The molecular formula is C24H29FN2O4. The molecule has 0 N–H and O–H groups in total. The Bertz CT molecular complexity index is 928. The first-order valence-corrected chi connectivity index (χ1v) is 10.4. The number of benzene rings is 2. The normalized spacial score (nSPS) is 15.4. The molecule has 0 bridgehead atoms. The summed E-state index contributed by atoms with van der Waals surface area (Å²) in [6.45, 7) is 4.83. The van der Waals surface area contributed by atoms with Gasteiger partial charge < -0.3 is 19.2 Å². The van der Waals surface area contributed by atoms with Gasteiger partial charge in [0.2, 0.25) is 5.91 Å². The van der Waals surface area contributed by atoms with Crippen molar-refractivity contribution in [2.24, 2.45) is 11.1 Å². The lowest BCUT2D eigenvalue weighted by molar-refractivity contribution is -0.134. The van der Waals surface area contributed by atoms with Crippen LogP contribution < -0.4 is 9.47 Å².